The van der Waals surface area contributed by atoms with Crippen LogP contribution in [0.25, 0.3) is 0 Å². The number of ether oxygens (including phenoxy) is 2. The van der Waals surface area contributed by atoms with Crippen molar-refractivity contribution in [1.29, 1.82) is 0 Å². The maximum Gasteiger partial charge on any atom is 0.219 e. The van der Waals surface area contributed by atoms with Gasteiger partial charge in [-0.15, -0.1) is 0 Å². The number of nitrogens with one attached hydrogen (secondary N) is 1. The van der Waals surface area contributed by atoms with Crippen molar-refractivity contribution in [2.24, 2.45) is 0 Å². The lowest BCUT2D eigenvalue weighted by Gasteiger charge is -2.31. The fourth-order valence-corrected chi connectivity index (χ4v) is 3.33. The molecule has 1 aromatic rings. The zero-order chi connectivity index (χ0) is 16.2. The molecule has 2 aliphatic heterocycles. The molecule has 1 amide bonds. The predicted octanol–water partition coefficient (Wildman–Crippen LogP) is 2.60. The van der Waals surface area contributed by atoms with Gasteiger partial charge in [0.2, 0.25) is 5.91 Å². The second-order valence-electron chi connectivity index (χ2n) is 6.12. The summed E-state index contributed by atoms with van der Waals surface area (Å²) in [5, 5.41) is 4.16. The first-order valence-corrected chi connectivity index (χ1v) is 8.58. The van der Waals surface area contributed by atoms with Crippen LogP contribution in [0.15, 0.2) is 12.1 Å². The zero-order valence-electron chi connectivity index (χ0n) is 13.4. The van der Waals surface area contributed by atoms with E-state index in [0.29, 0.717) is 30.0 Å². The average Bonchev–Trinajstić information content (AvgIpc) is 2.79. The Bertz CT molecular complexity index is 571. The van der Waals surface area contributed by atoms with Crippen LogP contribution in [-0.4, -0.2) is 43.2 Å². The number of piperidine rings is 1. The molecule has 1 N–H and O–H groups in total. The molecule has 0 atom stereocenters. The Hall–Kier alpha value is -1.46. The zero-order valence-corrected chi connectivity index (χ0v) is 14.2. The number of hydrogen-bond donors (Lipinski definition) is 1. The van der Waals surface area contributed by atoms with Crippen LogP contribution in [0.3, 0.4) is 0 Å². The molecule has 0 bridgehead atoms. The third kappa shape index (κ3) is 4.09. The van der Waals surface area contributed by atoms with Crippen LogP contribution in [0.2, 0.25) is 5.02 Å². The summed E-state index contributed by atoms with van der Waals surface area (Å²) >= 11 is 6.32. The Morgan fingerprint density at radius 2 is 2.04 bits per heavy atom. The predicted molar refractivity (Wildman–Crippen MR) is 89.2 cm³/mol. The van der Waals surface area contributed by atoms with Gasteiger partial charge in [0.05, 0.1) is 18.2 Å². The number of rotatable bonds is 3. The van der Waals surface area contributed by atoms with E-state index in [4.69, 9.17) is 21.1 Å². The molecule has 1 aromatic carbocycles. The van der Waals surface area contributed by atoms with Crippen molar-refractivity contribution in [2.75, 3.05) is 26.3 Å². The monoisotopic (exact) mass is 338 g/mol. The van der Waals surface area contributed by atoms with Crippen LogP contribution in [0.4, 0.5) is 0 Å². The number of hydrogen-bond acceptors (Lipinski definition) is 4. The molecular weight excluding hydrogens is 316 g/mol. The van der Waals surface area contributed by atoms with E-state index in [9.17, 15) is 4.79 Å². The van der Waals surface area contributed by atoms with Gasteiger partial charge in [-0.05, 0) is 30.5 Å². The number of halogens is 1. The smallest absolute Gasteiger partial charge is 0.219 e. The molecule has 0 aliphatic carbocycles. The fraction of sp³-hybridized carbons (Fsp3) is 0.588. The number of likely N-dealkylation sites (tertiary alicyclic amines) is 1. The van der Waals surface area contributed by atoms with Crippen LogP contribution in [-0.2, 0) is 11.3 Å². The van der Waals surface area contributed by atoms with E-state index in [-0.39, 0.29) is 5.91 Å². The van der Waals surface area contributed by atoms with Crippen LogP contribution in [0.1, 0.15) is 31.7 Å². The van der Waals surface area contributed by atoms with Gasteiger partial charge in [-0.2, -0.15) is 0 Å². The molecule has 2 aliphatic rings. The van der Waals surface area contributed by atoms with Gasteiger partial charge >= 0.3 is 0 Å². The minimum absolute atomic E-state index is 0.165. The highest BCUT2D eigenvalue weighted by molar-refractivity contribution is 6.32. The molecule has 1 fully saturated rings. The molecule has 2 heterocycles. The maximum absolute atomic E-state index is 11.4. The number of carbonyl (C=O) groups is 1. The average molecular weight is 339 g/mol. The minimum Gasteiger partial charge on any atom is -0.489 e. The first kappa shape index (κ1) is 16.4. The number of nitrogens with zero attached hydrogens (tertiary/aromatic N) is 1. The van der Waals surface area contributed by atoms with Gasteiger partial charge in [0, 0.05) is 39.0 Å². The van der Waals surface area contributed by atoms with E-state index >= 15 is 0 Å². The third-order valence-electron chi connectivity index (χ3n) is 4.40. The van der Waals surface area contributed by atoms with E-state index in [1.54, 1.807) is 6.92 Å². The van der Waals surface area contributed by atoms with Crippen molar-refractivity contribution in [3.05, 3.63) is 22.7 Å². The minimum atomic E-state index is 0.165. The highest BCUT2D eigenvalue weighted by Gasteiger charge is 2.21. The van der Waals surface area contributed by atoms with Crippen LogP contribution in [0.5, 0.6) is 11.5 Å². The lowest BCUT2D eigenvalue weighted by atomic mass is 10.0. The number of fused-ring (bicyclic) bond motifs is 1. The maximum atomic E-state index is 11.4. The standard InChI is InChI=1S/C17H23ClN2O3/c1-12(21)20-5-3-14(4-6-20)19-11-13-9-15(18)17-16(10-13)22-7-2-8-23-17/h9-10,14,19H,2-8,11H2,1H3. The summed E-state index contributed by atoms with van der Waals surface area (Å²) in [6.45, 7) is 5.32. The lowest BCUT2D eigenvalue weighted by Crippen LogP contribution is -2.43. The number of amides is 1. The molecule has 1 saturated heterocycles. The molecule has 23 heavy (non-hydrogen) atoms. The van der Waals surface area contributed by atoms with E-state index in [2.05, 4.69) is 5.32 Å². The third-order valence-corrected chi connectivity index (χ3v) is 4.68. The Balaban J connectivity index is 1.58. The number of carbonyl (C=O) groups excluding carboxylic acids is 1. The van der Waals surface area contributed by atoms with Gasteiger partial charge in [0.25, 0.3) is 0 Å². The van der Waals surface area contributed by atoms with Crippen LogP contribution < -0.4 is 14.8 Å². The van der Waals surface area contributed by atoms with E-state index in [0.717, 1.165) is 50.2 Å². The Kier molecular flexibility index (Phi) is 5.28. The quantitative estimate of drug-likeness (QED) is 0.920. The van der Waals surface area contributed by atoms with Crippen molar-refractivity contribution in [3.63, 3.8) is 0 Å². The summed E-state index contributed by atoms with van der Waals surface area (Å²) in [5.74, 6) is 1.55. The normalized spacial score (nSPS) is 18.6. The van der Waals surface area contributed by atoms with Crippen molar-refractivity contribution < 1.29 is 14.3 Å². The van der Waals surface area contributed by atoms with Crippen LogP contribution >= 0.6 is 11.6 Å². The van der Waals surface area contributed by atoms with Gasteiger partial charge in [0.1, 0.15) is 0 Å². The van der Waals surface area contributed by atoms with Gasteiger partial charge in [0.15, 0.2) is 11.5 Å². The largest absolute Gasteiger partial charge is 0.489 e. The highest BCUT2D eigenvalue weighted by Crippen LogP contribution is 2.38. The lowest BCUT2D eigenvalue weighted by molar-refractivity contribution is -0.129. The molecule has 3 rings (SSSR count). The summed E-state index contributed by atoms with van der Waals surface area (Å²) in [6, 6.07) is 4.37. The highest BCUT2D eigenvalue weighted by atomic mass is 35.5. The van der Waals surface area contributed by atoms with Gasteiger partial charge in [-0.3, -0.25) is 4.79 Å². The first-order chi connectivity index (χ1) is 11.1. The van der Waals surface area contributed by atoms with E-state index < -0.39 is 0 Å². The summed E-state index contributed by atoms with van der Waals surface area (Å²) in [6.07, 6.45) is 2.84. The SMILES string of the molecule is CC(=O)N1CCC(NCc2cc(Cl)c3c(c2)OCCCO3)CC1. The molecule has 5 nitrogen and oxygen atoms in total. The van der Waals surface area contributed by atoms with Crippen molar-refractivity contribution in [1.82, 2.24) is 10.2 Å². The van der Waals surface area contributed by atoms with E-state index in [1.807, 2.05) is 17.0 Å². The number of benzene rings is 1. The molecule has 126 valence electrons. The molecular formula is C17H23ClN2O3. The molecule has 0 radical (unpaired) electrons. The van der Waals surface area contributed by atoms with E-state index in [1.165, 1.54) is 0 Å². The summed E-state index contributed by atoms with van der Waals surface area (Å²) < 4.78 is 11.4. The van der Waals surface area contributed by atoms with Gasteiger partial charge in [-0.25, -0.2) is 0 Å². The Morgan fingerprint density at radius 1 is 1.30 bits per heavy atom. The van der Waals surface area contributed by atoms with Crippen molar-refractivity contribution in [3.8, 4) is 11.5 Å². The molecule has 0 aromatic heterocycles. The fourth-order valence-electron chi connectivity index (χ4n) is 3.05. The topological polar surface area (TPSA) is 50.8 Å². The summed E-state index contributed by atoms with van der Waals surface area (Å²) in [5.41, 5.74) is 1.09. The van der Waals surface area contributed by atoms with Gasteiger partial charge < -0.3 is 19.7 Å². The van der Waals surface area contributed by atoms with Gasteiger partial charge in [-0.1, -0.05) is 11.6 Å². The molecule has 0 spiro atoms. The van der Waals surface area contributed by atoms with Crippen molar-refractivity contribution in [2.45, 2.75) is 38.8 Å². The molecule has 0 unspecified atom stereocenters. The molecule has 6 heteroatoms. The Labute approximate surface area is 141 Å². The van der Waals surface area contributed by atoms with Crippen LogP contribution in [0, 0.1) is 0 Å². The second-order valence-corrected chi connectivity index (χ2v) is 6.52. The summed E-state index contributed by atoms with van der Waals surface area (Å²) in [7, 11) is 0. The summed E-state index contributed by atoms with van der Waals surface area (Å²) in [4.78, 5) is 13.3. The van der Waals surface area contributed by atoms with Crippen molar-refractivity contribution >= 4 is 17.5 Å². The molecule has 0 saturated carbocycles. The second kappa shape index (κ2) is 7.41. The Morgan fingerprint density at radius 3 is 2.78 bits per heavy atom. The first-order valence-electron chi connectivity index (χ1n) is 8.20.